The third-order valence-electron chi connectivity index (χ3n) is 4.48. The van der Waals surface area contributed by atoms with Gasteiger partial charge in [0.15, 0.2) is 5.82 Å². The molecule has 0 fully saturated rings. The van der Waals surface area contributed by atoms with Gasteiger partial charge in [-0.1, -0.05) is 54.2 Å². The molecule has 0 aliphatic carbocycles. The average Bonchev–Trinajstić information content (AvgIpc) is 3.14. The Morgan fingerprint density at radius 3 is 2.45 bits per heavy atom. The van der Waals surface area contributed by atoms with Gasteiger partial charge in [-0.2, -0.15) is 0 Å². The highest BCUT2D eigenvalue weighted by Crippen LogP contribution is 2.27. The Morgan fingerprint density at radius 1 is 1.14 bits per heavy atom. The molecule has 0 aliphatic heterocycles. The third-order valence-corrected chi connectivity index (χ3v) is 5.43. The van der Waals surface area contributed by atoms with E-state index in [0.717, 1.165) is 5.56 Å². The zero-order valence-corrected chi connectivity index (χ0v) is 17.8. The number of aromatic nitrogens is 3. The van der Waals surface area contributed by atoms with Crippen LogP contribution in [0.4, 0.5) is 4.39 Å². The zero-order chi connectivity index (χ0) is 21.0. The van der Waals surface area contributed by atoms with Gasteiger partial charge in [0, 0.05) is 12.1 Å². The number of amides is 1. The molecule has 2 aromatic carbocycles. The van der Waals surface area contributed by atoms with Gasteiger partial charge in [-0.25, -0.2) is 9.37 Å². The summed E-state index contributed by atoms with van der Waals surface area (Å²) in [6, 6.07) is 16.3. The Labute approximate surface area is 174 Å². The fourth-order valence-corrected chi connectivity index (χ4v) is 3.70. The molecule has 0 bridgehead atoms. The van der Waals surface area contributed by atoms with Crippen LogP contribution in [0.5, 0.6) is 0 Å². The molecule has 0 saturated heterocycles. The minimum absolute atomic E-state index is 0.00333. The molecule has 3 aromatic rings. The fraction of sp³-hybridized carbons (Fsp3) is 0.318. The van der Waals surface area contributed by atoms with Crippen LogP contribution in [-0.2, 0) is 11.3 Å². The largest absolute Gasteiger partial charge is 0.333 e. The van der Waals surface area contributed by atoms with Crippen molar-refractivity contribution in [2.45, 2.75) is 50.2 Å². The lowest BCUT2D eigenvalue weighted by Gasteiger charge is -2.37. The van der Waals surface area contributed by atoms with Crippen LogP contribution in [0.15, 0.2) is 59.8 Å². The van der Waals surface area contributed by atoms with Gasteiger partial charge in [-0.3, -0.25) is 9.89 Å². The summed E-state index contributed by atoms with van der Waals surface area (Å²) in [5.41, 5.74) is 1.10. The van der Waals surface area contributed by atoms with Gasteiger partial charge >= 0.3 is 0 Å². The van der Waals surface area contributed by atoms with E-state index in [1.165, 1.54) is 17.8 Å². The van der Waals surface area contributed by atoms with Gasteiger partial charge in [0.25, 0.3) is 0 Å². The van der Waals surface area contributed by atoms with Crippen molar-refractivity contribution in [2.24, 2.45) is 0 Å². The summed E-state index contributed by atoms with van der Waals surface area (Å²) >= 11 is 1.26. The van der Waals surface area contributed by atoms with Crippen LogP contribution in [0.3, 0.4) is 0 Å². The maximum absolute atomic E-state index is 14.0. The van der Waals surface area contributed by atoms with Crippen molar-refractivity contribution in [1.82, 2.24) is 20.1 Å². The predicted octanol–water partition coefficient (Wildman–Crippen LogP) is 4.92. The van der Waals surface area contributed by atoms with Gasteiger partial charge in [0.1, 0.15) is 5.82 Å². The smallest absolute Gasteiger partial charge is 0.236 e. The molecule has 1 amide bonds. The summed E-state index contributed by atoms with van der Waals surface area (Å²) in [5.74, 6) is -0.0168. The highest BCUT2D eigenvalue weighted by Gasteiger charge is 2.31. The number of benzene rings is 2. The molecule has 0 spiro atoms. The first-order valence-electron chi connectivity index (χ1n) is 9.45. The van der Waals surface area contributed by atoms with Crippen molar-refractivity contribution in [3.8, 4) is 11.4 Å². The quantitative estimate of drug-likeness (QED) is 0.584. The molecule has 3 rings (SSSR count). The van der Waals surface area contributed by atoms with Crippen LogP contribution >= 0.6 is 11.8 Å². The van der Waals surface area contributed by atoms with Crippen molar-refractivity contribution in [2.75, 3.05) is 0 Å². The van der Waals surface area contributed by atoms with Gasteiger partial charge < -0.3 is 4.90 Å². The van der Waals surface area contributed by atoms with Crippen LogP contribution in [-0.4, -0.2) is 36.8 Å². The number of carbonyl (C=O) groups is 1. The highest BCUT2D eigenvalue weighted by atomic mass is 32.2. The summed E-state index contributed by atoms with van der Waals surface area (Å²) in [6.07, 6.45) is 0. The van der Waals surface area contributed by atoms with Crippen molar-refractivity contribution in [3.05, 3.63) is 66.0 Å². The number of halogens is 1. The number of nitrogens with zero attached hydrogens (tertiary/aromatic N) is 3. The van der Waals surface area contributed by atoms with Crippen molar-refractivity contribution in [1.29, 1.82) is 0 Å². The molecule has 0 aliphatic rings. The first-order valence-corrected chi connectivity index (χ1v) is 10.3. The average molecular weight is 413 g/mol. The number of thioether (sulfide) groups is 1. The molecular weight excluding hydrogens is 387 g/mol. The number of hydrogen-bond acceptors (Lipinski definition) is 4. The van der Waals surface area contributed by atoms with E-state index in [9.17, 15) is 9.18 Å². The Morgan fingerprint density at radius 2 is 1.79 bits per heavy atom. The maximum Gasteiger partial charge on any atom is 0.236 e. The molecular formula is C22H25FN4OS. The second-order valence-corrected chi connectivity index (χ2v) is 9.10. The van der Waals surface area contributed by atoms with E-state index < -0.39 is 0 Å². The molecule has 152 valence electrons. The van der Waals surface area contributed by atoms with E-state index >= 15 is 0 Å². The highest BCUT2D eigenvalue weighted by molar-refractivity contribution is 8.00. The fourth-order valence-electron chi connectivity index (χ4n) is 2.91. The zero-order valence-electron chi connectivity index (χ0n) is 17.0. The second-order valence-electron chi connectivity index (χ2n) is 7.79. The molecule has 0 radical (unpaired) electrons. The predicted molar refractivity (Wildman–Crippen MR) is 114 cm³/mol. The summed E-state index contributed by atoms with van der Waals surface area (Å²) in [7, 11) is 0. The molecule has 1 atom stereocenters. The lowest BCUT2D eigenvalue weighted by atomic mass is 10.0. The van der Waals surface area contributed by atoms with Crippen LogP contribution in [0.2, 0.25) is 0 Å². The van der Waals surface area contributed by atoms with Crippen LogP contribution < -0.4 is 0 Å². The Kier molecular flexibility index (Phi) is 6.37. The number of hydrogen-bond donors (Lipinski definition) is 1. The number of nitrogens with one attached hydrogen (secondary N) is 1. The first-order chi connectivity index (χ1) is 13.8. The summed E-state index contributed by atoms with van der Waals surface area (Å²) < 4.78 is 14.0. The standard InChI is InChI=1S/C22H25FN4OS/c1-15(20(28)27(22(2,3)4)14-16-10-6-5-7-11-16)29-21-24-19(25-26-21)17-12-8-9-13-18(17)23/h5-13,15H,14H2,1-4H3,(H,24,25,26)/t15-/m0/s1. The van der Waals surface area contributed by atoms with Crippen LogP contribution in [0.25, 0.3) is 11.4 Å². The topological polar surface area (TPSA) is 61.9 Å². The summed E-state index contributed by atoms with van der Waals surface area (Å²) in [4.78, 5) is 19.4. The van der Waals surface area contributed by atoms with Gasteiger partial charge in [0.05, 0.1) is 10.8 Å². The van der Waals surface area contributed by atoms with E-state index in [0.29, 0.717) is 23.1 Å². The summed E-state index contributed by atoms with van der Waals surface area (Å²) in [5, 5.41) is 6.94. The van der Waals surface area contributed by atoms with Crippen LogP contribution in [0.1, 0.15) is 33.3 Å². The molecule has 1 aromatic heterocycles. The lowest BCUT2D eigenvalue weighted by Crippen LogP contribution is -2.48. The van der Waals surface area contributed by atoms with Gasteiger partial charge in [0.2, 0.25) is 11.1 Å². The maximum atomic E-state index is 14.0. The van der Waals surface area contributed by atoms with E-state index in [1.807, 2.05) is 62.9 Å². The second kappa shape index (κ2) is 8.78. The minimum Gasteiger partial charge on any atom is -0.333 e. The molecule has 0 saturated carbocycles. The van der Waals surface area contributed by atoms with Crippen molar-refractivity contribution < 1.29 is 9.18 Å². The number of H-pyrrole nitrogens is 1. The normalized spacial score (nSPS) is 12.6. The van der Waals surface area contributed by atoms with E-state index in [2.05, 4.69) is 15.2 Å². The monoisotopic (exact) mass is 412 g/mol. The minimum atomic E-state index is -0.387. The third kappa shape index (κ3) is 5.23. The molecule has 0 unspecified atom stereocenters. The number of rotatable bonds is 6. The van der Waals surface area contributed by atoms with Crippen molar-refractivity contribution >= 4 is 17.7 Å². The lowest BCUT2D eigenvalue weighted by molar-refractivity contribution is -0.135. The first kappa shape index (κ1) is 21.0. The van der Waals surface area contributed by atoms with E-state index in [-0.39, 0.29) is 22.5 Å². The molecule has 7 heteroatoms. The number of aromatic amines is 1. The molecule has 29 heavy (non-hydrogen) atoms. The van der Waals surface area contributed by atoms with E-state index in [1.54, 1.807) is 18.2 Å². The van der Waals surface area contributed by atoms with Crippen molar-refractivity contribution in [3.63, 3.8) is 0 Å². The molecule has 5 nitrogen and oxygen atoms in total. The Balaban J connectivity index is 1.74. The van der Waals surface area contributed by atoms with E-state index in [4.69, 9.17) is 0 Å². The van der Waals surface area contributed by atoms with Gasteiger partial charge in [-0.05, 0) is 45.4 Å². The van der Waals surface area contributed by atoms with Crippen LogP contribution in [0, 0.1) is 5.82 Å². The van der Waals surface area contributed by atoms with Gasteiger partial charge in [-0.15, -0.1) is 5.10 Å². The SMILES string of the molecule is C[C@H](Sc1n[nH]c(-c2ccccc2F)n1)C(=O)N(Cc1ccccc1)C(C)(C)C. The molecule has 1 heterocycles. The Hall–Kier alpha value is -2.67. The Bertz CT molecular complexity index is 968. The number of carbonyl (C=O) groups excluding carboxylic acids is 1. The summed E-state index contributed by atoms with van der Waals surface area (Å²) in [6.45, 7) is 8.44. The molecule has 1 N–H and O–H groups in total.